The van der Waals surface area contributed by atoms with Gasteiger partial charge in [-0.25, -0.2) is 4.57 Å². The summed E-state index contributed by atoms with van der Waals surface area (Å²) >= 11 is 0. The summed E-state index contributed by atoms with van der Waals surface area (Å²) in [4.78, 5) is 35.5. The summed E-state index contributed by atoms with van der Waals surface area (Å²) in [5.74, 6) is -0.829. The van der Waals surface area contributed by atoms with Crippen molar-refractivity contribution in [2.45, 2.75) is 193 Å². The number of hydrogen-bond acceptors (Lipinski definition) is 7. The summed E-state index contributed by atoms with van der Waals surface area (Å²) in [6, 6.07) is 0. The highest BCUT2D eigenvalue weighted by molar-refractivity contribution is 7.47. The molecule has 0 amide bonds. The molecule has 10 heteroatoms. The fraction of sp³-hybridized carbons (Fsp3) is 0.673. The highest BCUT2D eigenvalue weighted by Gasteiger charge is 2.27. The van der Waals surface area contributed by atoms with E-state index >= 15 is 0 Å². The first-order chi connectivity index (χ1) is 31.5. The van der Waals surface area contributed by atoms with Crippen LogP contribution >= 0.6 is 7.82 Å². The van der Waals surface area contributed by atoms with E-state index in [9.17, 15) is 19.0 Å². The second-order valence-corrected chi connectivity index (χ2v) is 19.3. The predicted octanol–water partition coefficient (Wildman–Crippen LogP) is 15.3. The zero-order valence-electron chi connectivity index (χ0n) is 41.9. The van der Waals surface area contributed by atoms with E-state index in [1.54, 1.807) is 0 Å². The average Bonchev–Trinajstić information content (AvgIpc) is 3.26. The molecule has 0 fully saturated rings. The number of unbranched alkanes of at least 4 members (excludes halogenated alkanes) is 15. The molecule has 0 rings (SSSR count). The fourth-order valence-corrected chi connectivity index (χ4v) is 7.14. The molecule has 0 bridgehead atoms. The molecule has 372 valence electrons. The van der Waals surface area contributed by atoms with E-state index in [0.29, 0.717) is 17.4 Å². The number of rotatable bonds is 45. The van der Waals surface area contributed by atoms with Gasteiger partial charge in [0, 0.05) is 12.8 Å². The Kier molecular flexibility index (Phi) is 43.9. The standard InChI is InChI=1S/C55H94NO8P/c1-6-8-10-12-14-16-18-20-21-22-23-24-25-26-27-28-29-30-31-32-33-34-35-36-38-40-42-44-46-48-55(58)64-53(52-63-65(59,60)62-50-49-56(3,4)5)51-61-54(57)47-45-43-41-39-37-19-17-15-13-11-9-7-2/h8,10,14-17,20-21,23-24,26-27,29-30,32-33,53H,6-7,9,11-13,18-19,22,25,28,31,34-52H2,1-5H3/p+1/b10-8-,16-14-,17-15-,21-20-,24-23-,27-26-,30-29-,33-32-. The van der Waals surface area contributed by atoms with Crippen LogP contribution in [0.25, 0.3) is 0 Å². The Labute approximate surface area is 398 Å². The summed E-state index contributed by atoms with van der Waals surface area (Å²) in [7, 11) is 1.45. The van der Waals surface area contributed by atoms with Gasteiger partial charge >= 0.3 is 19.8 Å². The van der Waals surface area contributed by atoms with Crippen LogP contribution in [0.4, 0.5) is 0 Å². The number of phosphoric acid groups is 1. The topological polar surface area (TPSA) is 108 Å². The van der Waals surface area contributed by atoms with E-state index in [4.69, 9.17) is 18.5 Å². The van der Waals surface area contributed by atoms with Gasteiger partial charge in [0.2, 0.25) is 0 Å². The van der Waals surface area contributed by atoms with Gasteiger partial charge in [0.25, 0.3) is 0 Å². The fourth-order valence-electron chi connectivity index (χ4n) is 6.40. The molecular formula is C55H95NO8P+. The molecule has 1 N–H and O–H groups in total. The van der Waals surface area contributed by atoms with Crippen LogP contribution in [0.1, 0.15) is 187 Å². The average molecular weight is 929 g/mol. The van der Waals surface area contributed by atoms with Crippen LogP contribution in [0, 0.1) is 0 Å². The molecule has 0 saturated carbocycles. The summed E-state index contributed by atoms with van der Waals surface area (Å²) in [6.07, 6.45) is 61.8. The Morgan fingerprint density at radius 2 is 0.877 bits per heavy atom. The Morgan fingerprint density at radius 3 is 1.32 bits per heavy atom. The molecule has 0 aromatic heterocycles. The maximum atomic E-state index is 12.7. The van der Waals surface area contributed by atoms with Crippen molar-refractivity contribution in [3.8, 4) is 0 Å². The summed E-state index contributed by atoms with van der Waals surface area (Å²) in [6.45, 7) is 4.24. The van der Waals surface area contributed by atoms with Gasteiger partial charge < -0.3 is 18.9 Å². The number of quaternary nitrogens is 1. The number of phosphoric ester groups is 1. The minimum atomic E-state index is -4.39. The van der Waals surface area contributed by atoms with Gasteiger partial charge in [0.1, 0.15) is 19.8 Å². The molecule has 0 spiro atoms. The van der Waals surface area contributed by atoms with Crippen molar-refractivity contribution >= 4 is 19.8 Å². The molecule has 9 nitrogen and oxygen atoms in total. The van der Waals surface area contributed by atoms with E-state index in [2.05, 4.69) is 111 Å². The summed E-state index contributed by atoms with van der Waals surface area (Å²) in [5.41, 5.74) is 0. The third-order valence-electron chi connectivity index (χ3n) is 10.3. The third kappa shape index (κ3) is 50.2. The Bertz CT molecular complexity index is 1420. The molecule has 0 aliphatic rings. The van der Waals surface area contributed by atoms with Crippen molar-refractivity contribution in [3.63, 3.8) is 0 Å². The minimum Gasteiger partial charge on any atom is -0.462 e. The van der Waals surface area contributed by atoms with Gasteiger partial charge in [-0.15, -0.1) is 0 Å². The number of nitrogens with zero attached hydrogens (tertiary/aromatic N) is 1. The Balaban J connectivity index is 4.25. The lowest BCUT2D eigenvalue weighted by molar-refractivity contribution is -0.870. The largest absolute Gasteiger partial charge is 0.472 e. The van der Waals surface area contributed by atoms with Crippen molar-refractivity contribution < 1.29 is 42.1 Å². The second kappa shape index (κ2) is 46.1. The number of hydrogen-bond donors (Lipinski definition) is 1. The SMILES string of the molecule is CC/C=C\C/C=C\C/C=C\C/C=C\C/C=C\C/C=C\C/C=C\CCCCCCCCCC(=O)OC(COC(=O)CCCCCCC/C=C\CCCCC)COP(=O)(O)OCC[N+](C)(C)C. The second-order valence-electron chi connectivity index (χ2n) is 17.8. The van der Waals surface area contributed by atoms with E-state index in [1.807, 2.05) is 21.1 Å². The monoisotopic (exact) mass is 929 g/mol. The van der Waals surface area contributed by atoms with Crippen LogP contribution < -0.4 is 0 Å². The lowest BCUT2D eigenvalue weighted by Crippen LogP contribution is -2.37. The highest BCUT2D eigenvalue weighted by atomic mass is 31.2. The molecule has 0 aliphatic carbocycles. The van der Waals surface area contributed by atoms with E-state index in [1.165, 1.54) is 44.9 Å². The minimum absolute atomic E-state index is 0.0231. The molecule has 2 atom stereocenters. The van der Waals surface area contributed by atoms with Gasteiger partial charge in [0.05, 0.1) is 27.7 Å². The lowest BCUT2D eigenvalue weighted by Gasteiger charge is -2.24. The van der Waals surface area contributed by atoms with Gasteiger partial charge in [-0.05, 0) is 96.3 Å². The molecule has 0 aliphatic heterocycles. The van der Waals surface area contributed by atoms with Gasteiger partial charge in [0.15, 0.2) is 6.10 Å². The lowest BCUT2D eigenvalue weighted by atomic mass is 10.1. The van der Waals surface area contributed by atoms with Gasteiger partial charge in [-0.2, -0.15) is 0 Å². The van der Waals surface area contributed by atoms with Crippen molar-refractivity contribution in [3.05, 3.63) is 97.2 Å². The molecule has 0 saturated heterocycles. The molecule has 65 heavy (non-hydrogen) atoms. The zero-order chi connectivity index (χ0) is 47.8. The first-order valence-electron chi connectivity index (χ1n) is 25.5. The van der Waals surface area contributed by atoms with E-state index in [0.717, 1.165) is 109 Å². The van der Waals surface area contributed by atoms with Crippen LogP contribution in [-0.4, -0.2) is 74.9 Å². The molecule has 0 aromatic carbocycles. The number of carbonyl (C=O) groups is 2. The maximum absolute atomic E-state index is 12.7. The van der Waals surface area contributed by atoms with Gasteiger partial charge in [-0.3, -0.25) is 18.6 Å². The van der Waals surface area contributed by atoms with Crippen molar-refractivity contribution in [2.24, 2.45) is 0 Å². The van der Waals surface area contributed by atoms with Crippen LogP contribution in [0.5, 0.6) is 0 Å². The normalized spacial score (nSPS) is 14.2. The first kappa shape index (κ1) is 61.9. The van der Waals surface area contributed by atoms with E-state index in [-0.39, 0.29) is 32.0 Å². The maximum Gasteiger partial charge on any atom is 0.472 e. The third-order valence-corrected chi connectivity index (χ3v) is 11.3. The summed E-state index contributed by atoms with van der Waals surface area (Å²) in [5, 5.41) is 0. The van der Waals surface area contributed by atoms with Crippen molar-refractivity contribution in [2.75, 3.05) is 47.5 Å². The molecular weight excluding hydrogens is 834 g/mol. The van der Waals surface area contributed by atoms with Crippen molar-refractivity contribution in [1.29, 1.82) is 0 Å². The number of esters is 2. The zero-order valence-corrected chi connectivity index (χ0v) is 42.8. The highest BCUT2D eigenvalue weighted by Crippen LogP contribution is 2.43. The van der Waals surface area contributed by atoms with Crippen molar-refractivity contribution in [1.82, 2.24) is 0 Å². The number of allylic oxidation sites excluding steroid dienone is 16. The molecule has 2 unspecified atom stereocenters. The summed E-state index contributed by atoms with van der Waals surface area (Å²) < 4.78 is 34.4. The molecule has 0 radical (unpaired) electrons. The van der Waals surface area contributed by atoms with E-state index < -0.39 is 26.5 Å². The van der Waals surface area contributed by atoms with Crippen LogP contribution in [-0.2, 0) is 32.7 Å². The Morgan fingerprint density at radius 1 is 0.492 bits per heavy atom. The molecule has 0 aromatic rings. The van der Waals surface area contributed by atoms with Gasteiger partial charge in [-0.1, -0.05) is 175 Å². The number of ether oxygens (including phenoxy) is 2. The first-order valence-corrected chi connectivity index (χ1v) is 27.0. The predicted molar refractivity (Wildman–Crippen MR) is 275 cm³/mol. The van der Waals surface area contributed by atoms with Crippen LogP contribution in [0.15, 0.2) is 97.2 Å². The number of carbonyl (C=O) groups excluding carboxylic acids is 2. The number of likely N-dealkylation sites (N-methyl/N-ethyl adjacent to an activating group) is 1. The smallest absolute Gasteiger partial charge is 0.462 e. The quantitative estimate of drug-likeness (QED) is 0.0211. The molecule has 0 heterocycles. The Hall–Kier alpha value is -3.07. The van der Waals surface area contributed by atoms with Crippen LogP contribution in [0.3, 0.4) is 0 Å². The van der Waals surface area contributed by atoms with Crippen LogP contribution in [0.2, 0.25) is 0 Å².